The van der Waals surface area contributed by atoms with E-state index < -0.39 is 6.04 Å². The van der Waals surface area contributed by atoms with Crippen molar-refractivity contribution in [1.82, 2.24) is 10.2 Å². The Balaban J connectivity index is 1.52. The smallest absolute Gasteiger partial charge is 0.255 e. The third kappa shape index (κ3) is 4.42. The van der Waals surface area contributed by atoms with Crippen molar-refractivity contribution in [3.05, 3.63) is 95.1 Å². The molecule has 6 nitrogen and oxygen atoms in total. The van der Waals surface area contributed by atoms with E-state index in [0.717, 1.165) is 16.7 Å². The fourth-order valence-electron chi connectivity index (χ4n) is 4.36. The van der Waals surface area contributed by atoms with E-state index in [9.17, 15) is 9.59 Å². The van der Waals surface area contributed by atoms with Gasteiger partial charge in [0.2, 0.25) is 5.91 Å². The van der Waals surface area contributed by atoms with Crippen LogP contribution in [0.4, 0.5) is 0 Å². The largest absolute Gasteiger partial charge is 0.493 e. The molecule has 170 valence electrons. The molecular weight excluding hydrogens is 416 g/mol. The first-order valence-electron chi connectivity index (χ1n) is 11.0. The zero-order chi connectivity index (χ0) is 23.4. The number of carbonyl (C=O) groups excluding carboxylic acids is 2. The zero-order valence-electron chi connectivity index (χ0n) is 19.1. The summed E-state index contributed by atoms with van der Waals surface area (Å²) in [6.45, 7) is 2.40. The van der Waals surface area contributed by atoms with E-state index in [-0.39, 0.29) is 17.9 Å². The molecule has 0 bridgehead atoms. The molecule has 0 aliphatic carbocycles. The summed E-state index contributed by atoms with van der Waals surface area (Å²) >= 11 is 0. The Morgan fingerprint density at radius 3 is 2.39 bits per heavy atom. The molecular formula is C27H28N2O4. The highest BCUT2D eigenvalue weighted by Crippen LogP contribution is 2.39. The highest BCUT2D eigenvalue weighted by molar-refractivity contribution is 6.04. The molecule has 1 aliphatic heterocycles. The first kappa shape index (κ1) is 22.4. The van der Waals surface area contributed by atoms with Crippen LogP contribution in [0.3, 0.4) is 0 Å². The van der Waals surface area contributed by atoms with Crippen LogP contribution in [0.1, 0.15) is 46.1 Å². The number of ether oxygens (including phenoxy) is 2. The molecule has 1 aliphatic rings. The molecule has 0 radical (unpaired) electrons. The summed E-state index contributed by atoms with van der Waals surface area (Å²) in [4.78, 5) is 28.3. The van der Waals surface area contributed by atoms with Crippen molar-refractivity contribution in [3.8, 4) is 11.5 Å². The van der Waals surface area contributed by atoms with Crippen molar-refractivity contribution in [2.24, 2.45) is 0 Å². The Kier molecular flexibility index (Phi) is 6.63. The number of hydrogen-bond acceptors (Lipinski definition) is 4. The van der Waals surface area contributed by atoms with Gasteiger partial charge in [0.1, 0.15) is 6.04 Å². The Morgan fingerprint density at radius 1 is 0.970 bits per heavy atom. The monoisotopic (exact) mass is 444 g/mol. The van der Waals surface area contributed by atoms with Gasteiger partial charge in [-0.1, -0.05) is 54.6 Å². The van der Waals surface area contributed by atoms with E-state index in [4.69, 9.17) is 9.47 Å². The Labute approximate surface area is 194 Å². The van der Waals surface area contributed by atoms with Crippen molar-refractivity contribution in [1.29, 1.82) is 0 Å². The number of methoxy groups -OCH3 is 2. The van der Waals surface area contributed by atoms with Crippen LogP contribution >= 0.6 is 0 Å². The van der Waals surface area contributed by atoms with Crippen molar-refractivity contribution >= 4 is 11.8 Å². The quantitative estimate of drug-likeness (QED) is 0.562. The average molecular weight is 445 g/mol. The molecule has 6 heteroatoms. The normalized spacial score (nSPS) is 15.7. The number of nitrogens with one attached hydrogen (secondary N) is 1. The maximum absolute atomic E-state index is 13.4. The van der Waals surface area contributed by atoms with Gasteiger partial charge in [0.15, 0.2) is 11.5 Å². The third-order valence-electron chi connectivity index (χ3n) is 6.11. The number of amides is 2. The molecule has 1 N–H and O–H groups in total. The van der Waals surface area contributed by atoms with Crippen LogP contribution in [0.15, 0.2) is 72.8 Å². The van der Waals surface area contributed by atoms with Crippen LogP contribution in [0.2, 0.25) is 0 Å². The molecule has 0 saturated carbocycles. The SMILES string of the molecule is COc1ccc(CCNC(=O)[C@@H]2c3ccccc3C(=O)N2[C@H](C)c2ccccc2)cc1OC. The predicted molar refractivity (Wildman–Crippen MR) is 126 cm³/mol. The molecule has 3 aromatic rings. The van der Waals surface area contributed by atoms with Crippen molar-refractivity contribution in [3.63, 3.8) is 0 Å². The van der Waals surface area contributed by atoms with Gasteiger partial charge < -0.3 is 19.7 Å². The van der Waals surface area contributed by atoms with Gasteiger partial charge in [-0.25, -0.2) is 0 Å². The van der Waals surface area contributed by atoms with Gasteiger partial charge in [0.25, 0.3) is 5.91 Å². The van der Waals surface area contributed by atoms with Crippen LogP contribution in [0.25, 0.3) is 0 Å². The summed E-state index contributed by atoms with van der Waals surface area (Å²) in [5.41, 5.74) is 3.33. The van der Waals surface area contributed by atoms with Crippen molar-refractivity contribution in [2.45, 2.75) is 25.4 Å². The number of benzene rings is 3. The summed E-state index contributed by atoms with van der Waals surface area (Å²) in [6.07, 6.45) is 0.628. The van der Waals surface area contributed by atoms with Crippen LogP contribution in [0, 0.1) is 0 Å². The fourth-order valence-corrected chi connectivity index (χ4v) is 4.36. The van der Waals surface area contributed by atoms with E-state index >= 15 is 0 Å². The highest BCUT2D eigenvalue weighted by atomic mass is 16.5. The van der Waals surface area contributed by atoms with Gasteiger partial charge in [-0.05, 0) is 48.2 Å². The van der Waals surface area contributed by atoms with Gasteiger partial charge in [-0.2, -0.15) is 0 Å². The summed E-state index contributed by atoms with van der Waals surface area (Å²) in [5, 5.41) is 3.03. The number of carbonyl (C=O) groups is 2. The highest BCUT2D eigenvalue weighted by Gasteiger charge is 2.43. The lowest BCUT2D eigenvalue weighted by atomic mass is 10.0. The number of hydrogen-bond donors (Lipinski definition) is 1. The van der Waals surface area contributed by atoms with E-state index in [2.05, 4.69) is 5.32 Å². The number of fused-ring (bicyclic) bond motifs is 1. The van der Waals surface area contributed by atoms with Gasteiger partial charge in [0.05, 0.1) is 20.3 Å². The van der Waals surface area contributed by atoms with Crippen LogP contribution in [-0.4, -0.2) is 37.5 Å². The summed E-state index contributed by atoms with van der Waals surface area (Å²) in [7, 11) is 3.20. The number of nitrogens with zero attached hydrogens (tertiary/aromatic N) is 1. The van der Waals surface area contributed by atoms with Gasteiger partial charge in [-0.15, -0.1) is 0 Å². The standard InChI is InChI=1S/C27H28N2O4/c1-18(20-9-5-4-6-10-20)29-25(21-11-7-8-12-22(21)27(29)31)26(30)28-16-15-19-13-14-23(32-2)24(17-19)33-3/h4-14,17-18,25H,15-16H2,1-3H3,(H,28,30)/t18-,25+/m1/s1. The Bertz CT molecular complexity index is 1150. The first-order valence-corrected chi connectivity index (χ1v) is 11.0. The molecule has 0 aromatic heterocycles. The lowest BCUT2D eigenvalue weighted by molar-refractivity contribution is -0.126. The minimum Gasteiger partial charge on any atom is -0.493 e. The molecule has 0 unspecified atom stereocenters. The van der Waals surface area contributed by atoms with Crippen molar-refractivity contribution in [2.75, 3.05) is 20.8 Å². The molecule has 33 heavy (non-hydrogen) atoms. The van der Waals surface area contributed by atoms with E-state index in [1.807, 2.05) is 73.7 Å². The summed E-state index contributed by atoms with van der Waals surface area (Å²) in [5.74, 6) is 1.01. The Hall–Kier alpha value is -3.80. The maximum atomic E-state index is 13.4. The Morgan fingerprint density at radius 2 is 1.67 bits per heavy atom. The molecule has 0 saturated heterocycles. The molecule has 4 rings (SSSR count). The average Bonchev–Trinajstić information content (AvgIpc) is 3.16. The molecule has 2 amide bonds. The second-order valence-corrected chi connectivity index (χ2v) is 8.02. The molecule has 0 spiro atoms. The fraction of sp³-hybridized carbons (Fsp3) is 0.259. The van der Waals surface area contributed by atoms with E-state index in [0.29, 0.717) is 30.0 Å². The minimum atomic E-state index is -0.672. The van der Waals surface area contributed by atoms with Gasteiger partial charge in [0, 0.05) is 12.1 Å². The minimum absolute atomic E-state index is 0.123. The summed E-state index contributed by atoms with van der Waals surface area (Å²) < 4.78 is 10.6. The second kappa shape index (κ2) is 9.77. The lowest BCUT2D eigenvalue weighted by Gasteiger charge is -2.31. The van der Waals surface area contributed by atoms with Crippen LogP contribution < -0.4 is 14.8 Å². The topological polar surface area (TPSA) is 67.9 Å². The number of rotatable bonds is 8. The van der Waals surface area contributed by atoms with Gasteiger partial charge in [-0.3, -0.25) is 9.59 Å². The molecule has 0 fully saturated rings. The zero-order valence-corrected chi connectivity index (χ0v) is 19.1. The van der Waals surface area contributed by atoms with Crippen LogP contribution in [-0.2, 0) is 11.2 Å². The maximum Gasteiger partial charge on any atom is 0.255 e. The third-order valence-corrected chi connectivity index (χ3v) is 6.11. The predicted octanol–water partition coefficient (Wildman–Crippen LogP) is 4.32. The molecule has 2 atom stereocenters. The van der Waals surface area contributed by atoms with Gasteiger partial charge >= 0.3 is 0 Å². The van der Waals surface area contributed by atoms with Crippen LogP contribution in [0.5, 0.6) is 11.5 Å². The second-order valence-electron chi connectivity index (χ2n) is 8.02. The van der Waals surface area contributed by atoms with Crippen molar-refractivity contribution < 1.29 is 19.1 Å². The first-order chi connectivity index (χ1) is 16.0. The van der Waals surface area contributed by atoms with E-state index in [1.165, 1.54) is 0 Å². The summed E-state index contributed by atoms with van der Waals surface area (Å²) in [6, 6.07) is 21.9. The van der Waals surface area contributed by atoms with E-state index in [1.54, 1.807) is 25.2 Å². The molecule has 3 aromatic carbocycles. The molecule has 1 heterocycles. The lowest BCUT2D eigenvalue weighted by Crippen LogP contribution is -2.41.